The maximum Gasteiger partial charge on any atom is 0.233 e. The first-order chi connectivity index (χ1) is 8.96. The lowest BCUT2D eigenvalue weighted by Crippen LogP contribution is -2.33. The van der Waals surface area contributed by atoms with Gasteiger partial charge in [0, 0.05) is 4.47 Å². The second-order valence-corrected chi connectivity index (χ2v) is 7.32. The number of hydrogen-bond donors (Lipinski definition) is 2. The average Bonchev–Trinajstić information content (AvgIpc) is 2.34. The highest BCUT2D eigenvalue weighted by Gasteiger charge is 2.21. The summed E-state index contributed by atoms with van der Waals surface area (Å²) in [6, 6.07) is 3.93. The van der Waals surface area contributed by atoms with Crippen molar-refractivity contribution in [1.29, 1.82) is 0 Å². The number of benzene rings is 1. The van der Waals surface area contributed by atoms with E-state index in [-0.39, 0.29) is 17.4 Å². The van der Waals surface area contributed by atoms with Crippen molar-refractivity contribution >= 4 is 31.6 Å². The van der Waals surface area contributed by atoms with Gasteiger partial charge >= 0.3 is 0 Å². The van der Waals surface area contributed by atoms with Crippen molar-refractivity contribution < 1.29 is 12.8 Å². The summed E-state index contributed by atoms with van der Waals surface area (Å²) in [6.07, 6.45) is 1.70. The van der Waals surface area contributed by atoms with E-state index in [2.05, 4.69) is 26.0 Å². The molecule has 0 atom stereocenters. The zero-order chi connectivity index (χ0) is 13.9. The van der Waals surface area contributed by atoms with Crippen LogP contribution < -0.4 is 10.0 Å². The highest BCUT2D eigenvalue weighted by molar-refractivity contribution is 9.10. The molecular weight excluding hydrogens is 335 g/mol. The van der Waals surface area contributed by atoms with E-state index in [0.29, 0.717) is 4.47 Å². The SMILES string of the molecule is O=S(=O)(CC1CCNCC1)Nc1cc(F)ccc1Br. The number of nitrogens with one attached hydrogen (secondary N) is 2. The third-order valence-corrected chi connectivity index (χ3v) is 5.24. The number of anilines is 1. The van der Waals surface area contributed by atoms with Crippen LogP contribution in [0.1, 0.15) is 12.8 Å². The Kier molecular flexibility index (Phi) is 4.81. The molecule has 1 heterocycles. The highest BCUT2D eigenvalue weighted by atomic mass is 79.9. The molecule has 0 spiro atoms. The lowest BCUT2D eigenvalue weighted by molar-refractivity contribution is 0.402. The number of hydrogen-bond acceptors (Lipinski definition) is 3. The van der Waals surface area contributed by atoms with Crippen LogP contribution in [0.25, 0.3) is 0 Å². The lowest BCUT2D eigenvalue weighted by Gasteiger charge is -2.22. The summed E-state index contributed by atoms with van der Waals surface area (Å²) < 4.78 is 40.2. The van der Waals surface area contributed by atoms with Crippen molar-refractivity contribution in [3.05, 3.63) is 28.5 Å². The largest absolute Gasteiger partial charge is 0.317 e. The Morgan fingerprint density at radius 3 is 2.74 bits per heavy atom. The Bertz CT molecular complexity index is 545. The summed E-state index contributed by atoms with van der Waals surface area (Å²) in [7, 11) is -3.45. The van der Waals surface area contributed by atoms with Crippen LogP contribution >= 0.6 is 15.9 Å². The fraction of sp³-hybridized carbons (Fsp3) is 0.500. The van der Waals surface area contributed by atoms with Gasteiger partial charge in [-0.15, -0.1) is 0 Å². The Morgan fingerprint density at radius 2 is 2.05 bits per heavy atom. The summed E-state index contributed by atoms with van der Waals surface area (Å²) in [5.74, 6) is -0.230. The van der Waals surface area contributed by atoms with Gasteiger partial charge in [-0.3, -0.25) is 4.72 Å². The van der Waals surface area contributed by atoms with Crippen LogP contribution in [0.15, 0.2) is 22.7 Å². The molecule has 0 radical (unpaired) electrons. The van der Waals surface area contributed by atoms with Gasteiger partial charge in [-0.05, 0) is 66.0 Å². The Morgan fingerprint density at radius 1 is 1.37 bits per heavy atom. The lowest BCUT2D eigenvalue weighted by atomic mass is 10.0. The van der Waals surface area contributed by atoms with Crippen molar-refractivity contribution in [2.75, 3.05) is 23.6 Å². The minimum Gasteiger partial charge on any atom is -0.317 e. The Labute approximate surface area is 121 Å². The van der Waals surface area contributed by atoms with Crippen LogP contribution in [0.5, 0.6) is 0 Å². The molecule has 1 aromatic rings. The molecule has 0 aromatic heterocycles. The second-order valence-electron chi connectivity index (χ2n) is 4.70. The van der Waals surface area contributed by atoms with E-state index in [1.807, 2.05) is 0 Å². The van der Waals surface area contributed by atoms with E-state index in [4.69, 9.17) is 0 Å². The summed E-state index contributed by atoms with van der Waals surface area (Å²) in [4.78, 5) is 0. The van der Waals surface area contributed by atoms with Gasteiger partial charge in [0.15, 0.2) is 0 Å². The first kappa shape index (κ1) is 14.7. The quantitative estimate of drug-likeness (QED) is 0.876. The zero-order valence-corrected chi connectivity index (χ0v) is 12.7. The fourth-order valence-corrected chi connectivity index (χ4v) is 4.16. The van der Waals surface area contributed by atoms with Crippen molar-refractivity contribution in [2.45, 2.75) is 12.8 Å². The predicted molar refractivity (Wildman–Crippen MR) is 77.1 cm³/mol. The molecule has 1 fully saturated rings. The molecule has 1 aliphatic rings. The van der Waals surface area contributed by atoms with Crippen LogP contribution in [0.3, 0.4) is 0 Å². The van der Waals surface area contributed by atoms with Crippen molar-refractivity contribution in [1.82, 2.24) is 5.32 Å². The topological polar surface area (TPSA) is 58.2 Å². The molecule has 1 aliphatic heterocycles. The third-order valence-electron chi connectivity index (χ3n) is 3.11. The number of piperidine rings is 1. The van der Waals surface area contributed by atoms with Crippen molar-refractivity contribution in [3.8, 4) is 0 Å². The minimum absolute atomic E-state index is 0.0810. The van der Waals surface area contributed by atoms with E-state index >= 15 is 0 Å². The molecule has 0 saturated carbocycles. The predicted octanol–water partition coefficient (Wildman–Crippen LogP) is 2.33. The van der Waals surface area contributed by atoms with Crippen molar-refractivity contribution in [3.63, 3.8) is 0 Å². The second kappa shape index (κ2) is 6.19. The maximum atomic E-state index is 13.1. The Hall–Kier alpha value is -0.660. The van der Waals surface area contributed by atoms with Gasteiger partial charge in [0.1, 0.15) is 5.82 Å². The van der Waals surface area contributed by atoms with E-state index in [0.717, 1.165) is 25.9 Å². The molecule has 1 aromatic carbocycles. The van der Waals surface area contributed by atoms with E-state index < -0.39 is 15.8 Å². The van der Waals surface area contributed by atoms with Gasteiger partial charge in [0.05, 0.1) is 11.4 Å². The summed E-state index contributed by atoms with van der Waals surface area (Å²) in [5, 5.41) is 3.19. The van der Waals surface area contributed by atoms with E-state index in [1.165, 1.54) is 18.2 Å². The molecule has 0 unspecified atom stereocenters. The molecule has 19 heavy (non-hydrogen) atoms. The van der Waals surface area contributed by atoms with Gasteiger partial charge in [0.25, 0.3) is 0 Å². The molecule has 4 nitrogen and oxygen atoms in total. The van der Waals surface area contributed by atoms with E-state index in [9.17, 15) is 12.8 Å². The summed E-state index contributed by atoms with van der Waals surface area (Å²) in [6.45, 7) is 1.70. The summed E-state index contributed by atoms with van der Waals surface area (Å²) in [5.41, 5.74) is 0.244. The van der Waals surface area contributed by atoms with Gasteiger partial charge in [-0.1, -0.05) is 0 Å². The monoisotopic (exact) mass is 350 g/mol. The number of sulfonamides is 1. The molecule has 0 aliphatic carbocycles. The van der Waals surface area contributed by atoms with Crippen LogP contribution in [0.4, 0.5) is 10.1 Å². The fourth-order valence-electron chi connectivity index (χ4n) is 2.14. The van der Waals surface area contributed by atoms with Crippen LogP contribution in [0, 0.1) is 11.7 Å². The summed E-state index contributed by atoms with van der Waals surface area (Å²) >= 11 is 3.20. The van der Waals surface area contributed by atoms with Gasteiger partial charge in [0.2, 0.25) is 10.0 Å². The first-order valence-corrected chi connectivity index (χ1v) is 8.57. The normalized spacial score (nSPS) is 17.4. The average molecular weight is 351 g/mol. The molecule has 2 rings (SSSR count). The molecule has 2 N–H and O–H groups in total. The maximum absolute atomic E-state index is 13.1. The molecular formula is C12H16BrFN2O2S. The number of halogens is 2. The molecule has 1 saturated heterocycles. The highest BCUT2D eigenvalue weighted by Crippen LogP contribution is 2.25. The first-order valence-electron chi connectivity index (χ1n) is 6.12. The molecule has 0 bridgehead atoms. The van der Waals surface area contributed by atoms with Crippen molar-refractivity contribution in [2.24, 2.45) is 5.92 Å². The van der Waals surface area contributed by atoms with Crippen LogP contribution in [-0.4, -0.2) is 27.3 Å². The van der Waals surface area contributed by atoms with E-state index in [1.54, 1.807) is 0 Å². The van der Waals surface area contributed by atoms with Gasteiger partial charge < -0.3 is 5.32 Å². The standard InChI is InChI=1S/C12H16BrFN2O2S/c13-11-2-1-10(14)7-12(11)16-19(17,18)8-9-3-5-15-6-4-9/h1-2,7,9,15-16H,3-6,8H2. The Balaban J connectivity index is 2.05. The molecule has 0 amide bonds. The molecule has 106 valence electrons. The molecule has 7 heteroatoms. The van der Waals surface area contributed by atoms with Gasteiger partial charge in [-0.25, -0.2) is 12.8 Å². The smallest absolute Gasteiger partial charge is 0.233 e. The number of rotatable bonds is 4. The minimum atomic E-state index is -3.45. The van der Waals surface area contributed by atoms with Gasteiger partial charge in [-0.2, -0.15) is 0 Å². The van der Waals surface area contributed by atoms with Crippen LogP contribution in [-0.2, 0) is 10.0 Å². The zero-order valence-electron chi connectivity index (χ0n) is 10.3. The third kappa shape index (κ3) is 4.43. The van der Waals surface area contributed by atoms with Crippen LogP contribution in [0.2, 0.25) is 0 Å².